The molecule has 0 radical (unpaired) electrons. The van der Waals surface area contributed by atoms with Gasteiger partial charge in [-0.25, -0.2) is 0 Å². The summed E-state index contributed by atoms with van der Waals surface area (Å²) >= 11 is 0. The van der Waals surface area contributed by atoms with Gasteiger partial charge in [0, 0.05) is 0 Å². The number of rotatable bonds is 9. The lowest BCUT2D eigenvalue weighted by molar-refractivity contribution is -0.197. The molecule has 1 rings (SSSR count). The van der Waals surface area contributed by atoms with Gasteiger partial charge < -0.3 is 24.8 Å². The van der Waals surface area contributed by atoms with Gasteiger partial charge in [-0.2, -0.15) is 0 Å². The maximum Gasteiger partial charge on any atom is 0.154 e. The first-order valence-electron chi connectivity index (χ1n) is 7.59. The van der Waals surface area contributed by atoms with Crippen LogP contribution >= 0.6 is 0 Å². The van der Waals surface area contributed by atoms with Crippen LogP contribution in [-0.2, 0) is 9.47 Å². The molecule has 3 N–H and O–H groups in total. The van der Waals surface area contributed by atoms with Crippen molar-refractivity contribution >= 4 is 0 Å². The molecule has 0 unspecified atom stereocenters. The van der Waals surface area contributed by atoms with Crippen LogP contribution in [0.1, 0.15) is 45.4 Å². The number of hydrogen-bond acceptors (Lipinski definition) is 5. The van der Waals surface area contributed by atoms with Gasteiger partial charge in [-0.05, 0) is 18.9 Å². The molecular formula is C15H28O5. The van der Waals surface area contributed by atoms with E-state index in [1.807, 2.05) is 6.08 Å². The highest BCUT2D eigenvalue weighted by atomic mass is 16.6. The molecule has 0 aromatic carbocycles. The molecule has 0 aromatic rings. The number of ether oxygens (including phenoxy) is 2. The zero-order valence-electron chi connectivity index (χ0n) is 12.3. The lowest BCUT2D eigenvalue weighted by atomic mass is 10.0. The van der Waals surface area contributed by atoms with Crippen LogP contribution < -0.4 is 0 Å². The van der Waals surface area contributed by atoms with Crippen LogP contribution in [0.15, 0.2) is 12.3 Å². The number of hydrogen-bond donors (Lipinski definition) is 3. The average Bonchev–Trinajstić information content (AvgIpc) is 2.46. The van der Waals surface area contributed by atoms with Crippen LogP contribution in [0.5, 0.6) is 0 Å². The Labute approximate surface area is 121 Å². The topological polar surface area (TPSA) is 79.2 Å². The maximum absolute atomic E-state index is 9.84. The van der Waals surface area contributed by atoms with E-state index in [1.165, 1.54) is 31.9 Å². The summed E-state index contributed by atoms with van der Waals surface area (Å²) in [6.07, 6.45) is 7.18. The molecule has 1 fully saturated rings. The van der Waals surface area contributed by atoms with Crippen LogP contribution in [0.2, 0.25) is 0 Å². The molecule has 20 heavy (non-hydrogen) atoms. The first kappa shape index (κ1) is 17.4. The lowest BCUT2D eigenvalue weighted by Gasteiger charge is -2.36. The van der Waals surface area contributed by atoms with Crippen LogP contribution in [0.25, 0.3) is 0 Å². The van der Waals surface area contributed by atoms with E-state index in [0.29, 0.717) is 0 Å². The highest BCUT2D eigenvalue weighted by Crippen LogP contribution is 2.19. The van der Waals surface area contributed by atoms with Crippen molar-refractivity contribution in [3.05, 3.63) is 12.3 Å². The van der Waals surface area contributed by atoms with Gasteiger partial charge in [0.15, 0.2) is 6.10 Å². The average molecular weight is 288 g/mol. The van der Waals surface area contributed by atoms with Crippen molar-refractivity contribution in [1.82, 2.24) is 0 Å². The van der Waals surface area contributed by atoms with E-state index < -0.39 is 24.4 Å². The molecular weight excluding hydrogens is 260 g/mol. The fraction of sp³-hybridized carbons (Fsp3) is 0.867. The highest BCUT2D eigenvalue weighted by molar-refractivity contribution is 4.89. The minimum Gasteiger partial charge on any atom is -0.493 e. The van der Waals surface area contributed by atoms with Crippen molar-refractivity contribution in [1.29, 1.82) is 0 Å². The Morgan fingerprint density at radius 1 is 1.20 bits per heavy atom. The standard InChI is InChI=1S/C15H28O5/c1-2-3-4-5-6-7-8-9-19-15-13(10-16)20-11-12(17)14(15)18/h8-9,12-18H,2-7,10-11H2,1H3/b9-8+/t12-,13+,14+,15+/m1/s1. The third-order valence-electron chi connectivity index (χ3n) is 3.56. The largest absolute Gasteiger partial charge is 0.493 e. The third-order valence-corrected chi connectivity index (χ3v) is 3.56. The molecule has 1 aliphatic rings. The fourth-order valence-corrected chi connectivity index (χ4v) is 2.26. The summed E-state index contributed by atoms with van der Waals surface area (Å²) in [6.45, 7) is 1.98. The van der Waals surface area contributed by atoms with Crippen LogP contribution in [0.3, 0.4) is 0 Å². The van der Waals surface area contributed by atoms with Gasteiger partial charge in [0.1, 0.15) is 18.3 Å². The smallest absolute Gasteiger partial charge is 0.154 e. The molecule has 0 amide bonds. The minimum atomic E-state index is -1.03. The van der Waals surface area contributed by atoms with Gasteiger partial charge in [-0.1, -0.05) is 32.6 Å². The minimum absolute atomic E-state index is 0.0212. The Kier molecular flexibility index (Phi) is 8.85. The van der Waals surface area contributed by atoms with Crippen molar-refractivity contribution in [2.45, 2.75) is 69.9 Å². The number of aliphatic hydroxyl groups is 3. The van der Waals surface area contributed by atoms with Crippen LogP contribution in [-0.4, -0.2) is 52.9 Å². The Morgan fingerprint density at radius 3 is 2.65 bits per heavy atom. The number of aliphatic hydroxyl groups excluding tert-OH is 3. The first-order chi connectivity index (χ1) is 9.70. The Balaban J connectivity index is 2.23. The van der Waals surface area contributed by atoms with E-state index in [4.69, 9.17) is 14.6 Å². The van der Waals surface area contributed by atoms with Gasteiger partial charge in [0.05, 0.1) is 19.5 Å². The van der Waals surface area contributed by atoms with Gasteiger partial charge >= 0.3 is 0 Å². The van der Waals surface area contributed by atoms with Crippen LogP contribution in [0.4, 0.5) is 0 Å². The molecule has 0 spiro atoms. The normalized spacial score (nSPS) is 30.8. The van der Waals surface area contributed by atoms with Crippen molar-refractivity contribution in [3.63, 3.8) is 0 Å². The molecule has 5 heteroatoms. The number of unbranched alkanes of at least 4 members (excludes halogenated alkanes) is 5. The first-order valence-corrected chi connectivity index (χ1v) is 7.59. The molecule has 0 saturated carbocycles. The Hall–Kier alpha value is -0.620. The fourth-order valence-electron chi connectivity index (χ4n) is 2.26. The molecule has 0 aromatic heterocycles. The summed E-state index contributed by atoms with van der Waals surface area (Å²) in [7, 11) is 0. The lowest BCUT2D eigenvalue weighted by Crippen LogP contribution is -2.54. The zero-order chi connectivity index (χ0) is 14.8. The van der Waals surface area contributed by atoms with Crippen molar-refractivity contribution in [2.75, 3.05) is 13.2 Å². The monoisotopic (exact) mass is 288 g/mol. The van der Waals surface area contributed by atoms with Gasteiger partial charge in [0.25, 0.3) is 0 Å². The van der Waals surface area contributed by atoms with E-state index in [9.17, 15) is 10.2 Å². The molecule has 118 valence electrons. The van der Waals surface area contributed by atoms with E-state index in [2.05, 4.69) is 6.92 Å². The summed E-state index contributed by atoms with van der Waals surface area (Å²) in [5, 5.41) is 28.5. The highest BCUT2D eigenvalue weighted by Gasteiger charge is 2.39. The van der Waals surface area contributed by atoms with Gasteiger partial charge in [-0.15, -0.1) is 0 Å². The SMILES string of the molecule is CCCCCCC/C=C/O[C@@H]1[C@@H](O)[C@H](O)CO[C@H]1CO. The van der Waals surface area contributed by atoms with Crippen molar-refractivity contribution < 1.29 is 24.8 Å². The molecule has 0 bridgehead atoms. The summed E-state index contributed by atoms with van der Waals surface area (Å²) in [5.74, 6) is 0. The predicted octanol–water partition coefficient (Wildman–Crippen LogP) is 1.36. The van der Waals surface area contributed by atoms with Gasteiger partial charge in [0.2, 0.25) is 0 Å². The van der Waals surface area contributed by atoms with E-state index in [-0.39, 0.29) is 13.2 Å². The molecule has 1 aliphatic heterocycles. The molecule has 0 aliphatic carbocycles. The summed E-state index contributed by atoms with van der Waals surface area (Å²) in [6, 6.07) is 0. The number of allylic oxidation sites excluding steroid dienone is 1. The van der Waals surface area contributed by atoms with Gasteiger partial charge in [-0.3, -0.25) is 0 Å². The summed E-state index contributed by atoms with van der Waals surface area (Å²) < 4.78 is 10.6. The second-order valence-corrected chi connectivity index (χ2v) is 5.29. The molecule has 4 atom stereocenters. The predicted molar refractivity (Wildman–Crippen MR) is 76.2 cm³/mol. The van der Waals surface area contributed by atoms with Crippen LogP contribution in [0, 0.1) is 0 Å². The second-order valence-electron chi connectivity index (χ2n) is 5.29. The van der Waals surface area contributed by atoms with Crippen molar-refractivity contribution in [3.8, 4) is 0 Å². The Bertz CT molecular complexity index is 267. The molecule has 5 nitrogen and oxygen atoms in total. The Morgan fingerprint density at radius 2 is 1.95 bits per heavy atom. The van der Waals surface area contributed by atoms with E-state index in [0.717, 1.165) is 12.8 Å². The maximum atomic E-state index is 9.84. The summed E-state index contributed by atoms with van der Waals surface area (Å²) in [5.41, 5.74) is 0. The second kappa shape index (κ2) is 10.2. The van der Waals surface area contributed by atoms with Crippen molar-refractivity contribution in [2.24, 2.45) is 0 Å². The van der Waals surface area contributed by atoms with E-state index in [1.54, 1.807) is 0 Å². The molecule has 1 heterocycles. The summed E-state index contributed by atoms with van der Waals surface area (Å²) in [4.78, 5) is 0. The quantitative estimate of drug-likeness (QED) is 0.441. The third kappa shape index (κ3) is 5.79. The molecule has 1 saturated heterocycles. The van der Waals surface area contributed by atoms with E-state index >= 15 is 0 Å². The zero-order valence-corrected chi connectivity index (χ0v) is 12.3.